The number of esters is 2. The van der Waals surface area contributed by atoms with Crippen LogP contribution in [0.2, 0.25) is 0 Å². The van der Waals surface area contributed by atoms with E-state index in [0.717, 1.165) is 58.0 Å². The van der Waals surface area contributed by atoms with Crippen molar-refractivity contribution in [1.29, 1.82) is 0 Å². The van der Waals surface area contributed by atoms with Gasteiger partial charge in [-0.1, -0.05) is 36.4 Å². The molecule has 0 saturated carbocycles. The molecule has 2 aliphatic heterocycles. The monoisotopic (exact) mass is 425 g/mol. The van der Waals surface area contributed by atoms with Crippen molar-refractivity contribution in [3.63, 3.8) is 0 Å². The first-order valence-electron chi connectivity index (χ1n) is 10.9. The Balaban J connectivity index is 1.71. The van der Waals surface area contributed by atoms with Gasteiger partial charge in [-0.3, -0.25) is 0 Å². The molecule has 1 atom stereocenters. The number of hydrogen-bond donors (Lipinski definition) is 1. The highest BCUT2D eigenvalue weighted by Gasteiger charge is 2.40. The maximum atomic E-state index is 13.1. The Labute approximate surface area is 184 Å². The first-order chi connectivity index (χ1) is 15.6. The molecule has 0 radical (unpaired) electrons. The number of ether oxygens (including phenoxy) is 1. The molecule has 1 unspecified atom stereocenters. The smallest absolute Gasteiger partial charge is 0.347 e. The maximum Gasteiger partial charge on any atom is 0.347 e. The van der Waals surface area contributed by atoms with Crippen LogP contribution in [0.15, 0.2) is 54.7 Å². The third-order valence-corrected chi connectivity index (χ3v) is 6.91. The van der Waals surface area contributed by atoms with Crippen LogP contribution in [0, 0.1) is 5.92 Å². The standard InChI is InChI=1S/C26H23N3O3/c1-28-14-18(16-6-2-4-8-19(16)28)23-24(26(31)32-25(23)30)22-17-7-3-5-9-20(17)29-11-10-15(13-27)12-21(22)29/h2-9,14-15H,10-13,27H2,1H3. The van der Waals surface area contributed by atoms with Crippen molar-refractivity contribution in [3.05, 3.63) is 71.5 Å². The summed E-state index contributed by atoms with van der Waals surface area (Å²) >= 11 is 0. The second-order valence-electron chi connectivity index (χ2n) is 8.68. The van der Waals surface area contributed by atoms with Gasteiger partial charge in [0.25, 0.3) is 0 Å². The van der Waals surface area contributed by atoms with E-state index in [9.17, 15) is 9.59 Å². The van der Waals surface area contributed by atoms with Gasteiger partial charge < -0.3 is 19.6 Å². The first kappa shape index (κ1) is 19.1. The van der Waals surface area contributed by atoms with Crippen LogP contribution in [0.5, 0.6) is 0 Å². The molecule has 0 aliphatic carbocycles. The average molecular weight is 425 g/mol. The van der Waals surface area contributed by atoms with Crippen LogP contribution < -0.4 is 5.73 Å². The lowest BCUT2D eigenvalue weighted by atomic mass is 9.89. The summed E-state index contributed by atoms with van der Waals surface area (Å²) < 4.78 is 9.47. The number of rotatable bonds is 3. The predicted octanol–water partition coefficient (Wildman–Crippen LogP) is 3.65. The van der Waals surface area contributed by atoms with Gasteiger partial charge in [-0.25, -0.2) is 9.59 Å². The Morgan fingerprint density at radius 2 is 1.66 bits per heavy atom. The minimum absolute atomic E-state index is 0.347. The minimum atomic E-state index is -0.587. The number of hydrogen-bond acceptors (Lipinski definition) is 4. The molecule has 160 valence electrons. The molecule has 2 N–H and O–H groups in total. The highest BCUT2D eigenvalue weighted by Crippen LogP contribution is 2.44. The average Bonchev–Trinajstić information content (AvgIpc) is 3.41. The summed E-state index contributed by atoms with van der Waals surface area (Å²) in [5, 5.41) is 1.89. The molecular weight excluding hydrogens is 402 g/mol. The van der Waals surface area contributed by atoms with Crippen molar-refractivity contribution in [1.82, 2.24) is 9.13 Å². The maximum absolute atomic E-state index is 13.1. The molecule has 6 nitrogen and oxygen atoms in total. The van der Waals surface area contributed by atoms with Crippen LogP contribution in [0.25, 0.3) is 33.0 Å². The third-order valence-electron chi connectivity index (χ3n) is 6.91. The molecule has 32 heavy (non-hydrogen) atoms. The number of nitrogens with zero attached hydrogens (tertiary/aromatic N) is 2. The summed E-state index contributed by atoms with van der Waals surface area (Å²) in [5.41, 5.74) is 11.4. The number of carbonyl (C=O) groups is 2. The normalized spacial score (nSPS) is 18.6. The lowest BCUT2D eigenvalue weighted by Crippen LogP contribution is -2.25. The number of cyclic esters (lactones) is 2. The van der Waals surface area contributed by atoms with Crippen LogP contribution in [-0.2, 0) is 34.3 Å². The van der Waals surface area contributed by atoms with E-state index in [4.69, 9.17) is 10.5 Å². The zero-order chi connectivity index (χ0) is 22.0. The highest BCUT2D eigenvalue weighted by molar-refractivity contribution is 6.47. The van der Waals surface area contributed by atoms with Crippen LogP contribution in [0.1, 0.15) is 23.2 Å². The second-order valence-corrected chi connectivity index (χ2v) is 8.68. The molecule has 0 spiro atoms. The fraction of sp³-hybridized carbons (Fsp3) is 0.231. The predicted molar refractivity (Wildman–Crippen MR) is 124 cm³/mol. The number of aromatic nitrogens is 2. The fourth-order valence-electron chi connectivity index (χ4n) is 5.39. The van der Waals surface area contributed by atoms with E-state index in [1.807, 2.05) is 60.3 Å². The number of para-hydroxylation sites is 2. The van der Waals surface area contributed by atoms with E-state index in [1.54, 1.807) is 0 Å². The van der Waals surface area contributed by atoms with Crippen molar-refractivity contribution in [2.75, 3.05) is 6.54 Å². The van der Waals surface area contributed by atoms with Crippen molar-refractivity contribution in [2.45, 2.75) is 19.4 Å². The van der Waals surface area contributed by atoms with Crippen LogP contribution in [-0.4, -0.2) is 27.6 Å². The second kappa shape index (κ2) is 6.93. The Hall–Kier alpha value is -3.64. The molecule has 4 heterocycles. The summed E-state index contributed by atoms with van der Waals surface area (Å²) in [7, 11) is 1.94. The van der Waals surface area contributed by atoms with Gasteiger partial charge in [-0.05, 0) is 37.4 Å². The van der Waals surface area contributed by atoms with Crippen LogP contribution in [0.4, 0.5) is 0 Å². The van der Waals surface area contributed by atoms with Gasteiger partial charge in [0.1, 0.15) is 0 Å². The van der Waals surface area contributed by atoms with E-state index in [-0.39, 0.29) is 0 Å². The molecular formula is C26H23N3O3. The van der Waals surface area contributed by atoms with E-state index < -0.39 is 11.9 Å². The number of carbonyl (C=O) groups excluding carboxylic acids is 2. The molecule has 0 amide bonds. The first-order valence-corrected chi connectivity index (χ1v) is 10.9. The topological polar surface area (TPSA) is 79.2 Å². The molecule has 2 aromatic carbocycles. The zero-order valence-corrected chi connectivity index (χ0v) is 17.8. The molecule has 6 rings (SSSR count). The van der Waals surface area contributed by atoms with Gasteiger partial charge in [0.05, 0.1) is 11.1 Å². The summed E-state index contributed by atoms with van der Waals surface area (Å²) in [6.07, 6.45) is 3.68. The molecule has 0 fully saturated rings. The summed E-state index contributed by atoms with van der Waals surface area (Å²) in [6.45, 7) is 1.44. The summed E-state index contributed by atoms with van der Waals surface area (Å²) in [5.74, 6) is -0.816. The van der Waals surface area contributed by atoms with E-state index >= 15 is 0 Å². The number of aryl methyl sites for hydroxylation is 2. The summed E-state index contributed by atoms with van der Waals surface area (Å²) in [4.78, 5) is 26.2. The van der Waals surface area contributed by atoms with Gasteiger partial charge in [0.15, 0.2) is 0 Å². The van der Waals surface area contributed by atoms with E-state index in [1.165, 1.54) is 0 Å². The summed E-state index contributed by atoms with van der Waals surface area (Å²) in [6, 6.07) is 16.0. The molecule has 0 saturated heterocycles. The minimum Gasteiger partial charge on any atom is -0.386 e. The quantitative estimate of drug-likeness (QED) is 0.401. The lowest BCUT2D eigenvalue weighted by Gasteiger charge is -2.24. The van der Waals surface area contributed by atoms with E-state index in [2.05, 4.69) is 10.6 Å². The third kappa shape index (κ3) is 2.56. The number of nitrogens with two attached hydrogens (primary N) is 1. The van der Waals surface area contributed by atoms with Gasteiger partial charge in [-0.15, -0.1) is 0 Å². The SMILES string of the molecule is Cn1cc(C2=C(c3c4n(c5ccccc35)CCC(CN)C4)C(=O)OC2=O)c2ccccc21. The Bertz CT molecular complexity index is 1470. The van der Waals surface area contributed by atoms with Crippen molar-refractivity contribution >= 4 is 44.9 Å². The molecule has 2 aliphatic rings. The van der Waals surface area contributed by atoms with Crippen molar-refractivity contribution in [3.8, 4) is 0 Å². The number of fused-ring (bicyclic) bond motifs is 4. The van der Waals surface area contributed by atoms with Gasteiger partial charge >= 0.3 is 11.9 Å². The number of benzene rings is 2. The van der Waals surface area contributed by atoms with Crippen LogP contribution >= 0.6 is 0 Å². The molecule has 2 aromatic heterocycles. The Morgan fingerprint density at radius 3 is 2.44 bits per heavy atom. The molecule has 6 heteroatoms. The largest absolute Gasteiger partial charge is 0.386 e. The highest BCUT2D eigenvalue weighted by atomic mass is 16.6. The van der Waals surface area contributed by atoms with Gasteiger partial charge in [0.2, 0.25) is 0 Å². The van der Waals surface area contributed by atoms with E-state index in [0.29, 0.717) is 23.6 Å². The van der Waals surface area contributed by atoms with Gasteiger partial charge in [0, 0.05) is 58.4 Å². The zero-order valence-electron chi connectivity index (χ0n) is 17.8. The van der Waals surface area contributed by atoms with Gasteiger partial charge in [-0.2, -0.15) is 0 Å². The molecule has 0 bridgehead atoms. The van der Waals surface area contributed by atoms with Crippen molar-refractivity contribution in [2.24, 2.45) is 18.7 Å². The molecule has 4 aromatic rings. The Kier molecular flexibility index (Phi) is 4.13. The van der Waals surface area contributed by atoms with Crippen molar-refractivity contribution < 1.29 is 14.3 Å². The van der Waals surface area contributed by atoms with Crippen LogP contribution in [0.3, 0.4) is 0 Å². The fourth-order valence-corrected chi connectivity index (χ4v) is 5.39. The lowest BCUT2D eigenvalue weighted by molar-refractivity contribution is -0.149. The Morgan fingerprint density at radius 1 is 0.969 bits per heavy atom.